The fourth-order valence-corrected chi connectivity index (χ4v) is 3.67. The minimum Gasteiger partial charge on any atom is -0.457 e. The molecular formula is C24H23NO2. The maximum Gasteiger partial charge on any atom is 0.255 e. The first-order chi connectivity index (χ1) is 13.3. The van der Waals surface area contributed by atoms with Crippen LogP contribution in [0, 0.1) is 0 Å². The van der Waals surface area contributed by atoms with Gasteiger partial charge in [0.05, 0.1) is 5.56 Å². The van der Waals surface area contributed by atoms with E-state index in [4.69, 9.17) is 4.74 Å². The first kappa shape index (κ1) is 17.3. The van der Waals surface area contributed by atoms with Crippen molar-refractivity contribution in [2.24, 2.45) is 0 Å². The molecule has 0 aliphatic heterocycles. The molecule has 3 heteroatoms. The lowest BCUT2D eigenvalue weighted by molar-refractivity contribution is 0.0925. The molecule has 136 valence electrons. The summed E-state index contributed by atoms with van der Waals surface area (Å²) in [4.78, 5) is 12.9. The van der Waals surface area contributed by atoms with Gasteiger partial charge in [-0.1, -0.05) is 67.1 Å². The molecule has 1 aliphatic carbocycles. The molecule has 0 unspecified atom stereocenters. The van der Waals surface area contributed by atoms with E-state index in [0.717, 1.165) is 18.6 Å². The molecule has 0 heterocycles. The highest BCUT2D eigenvalue weighted by Crippen LogP contribution is 2.43. The SMILES string of the molecule is O=C(NCC1(c2ccccc2)CCC1)c1ccccc1Oc1ccccc1. The summed E-state index contributed by atoms with van der Waals surface area (Å²) < 4.78 is 5.93. The second-order valence-corrected chi connectivity index (χ2v) is 7.09. The predicted molar refractivity (Wildman–Crippen MR) is 107 cm³/mol. The van der Waals surface area contributed by atoms with Crippen molar-refractivity contribution >= 4 is 5.91 Å². The van der Waals surface area contributed by atoms with Gasteiger partial charge in [0, 0.05) is 12.0 Å². The van der Waals surface area contributed by atoms with Gasteiger partial charge in [-0.05, 0) is 42.7 Å². The molecule has 1 saturated carbocycles. The maximum atomic E-state index is 12.9. The zero-order chi connectivity index (χ0) is 18.5. The van der Waals surface area contributed by atoms with Crippen molar-refractivity contribution in [2.45, 2.75) is 24.7 Å². The van der Waals surface area contributed by atoms with Crippen molar-refractivity contribution < 1.29 is 9.53 Å². The van der Waals surface area contributed by atoms with Crippen molar-refractivity contribution in [1.82, 2.24) is 5.32 Å². The highest BCUT2D eigenvalue weighted by Gasteiger charge is 2.38. The Morgan fingerprint density at radius 1 is 0.852 bits per heavy atom. The summed E-state index contributed by atoms with van der Waals surface area (Å²) in [6.07, 6.45) is 3.43. The smallest absolute Gasteiger partial charge is 0.255 e. The van der Waals surface area contributed by atoms with Gasteiger partial charge in [-0.2, -0.15) is 0 Å². The molecule has 4 rings (SSSR count). The van der Waals surface area contributed by atoms with Crippen molar-refractivity contribution in [3.05, 3.63) is 96.1 Å². The van der Waals surface area contributed by atoms with Crippen LogP contribution in [0.4, 0.5) is 0 Å². The number of amides is 1. The van der Waals surface area contributed by atoms with Gasteiger partial charge in [0.15, 0.2) is 0 Å². The Bertz CT molecular complexity index is 902. The van der Waals surface area contributed by atoms with Crippen LogP contribution in [0.25, 0.3) is 0 Å². The molecule has 0 saturated heterocycles. The second kappa shape index (κ2) is 7.67. The number of carbonyl (C=O) groups excluding carboxylic acids is 1. The Balaban J connectivity index is 1.49. The maximum absolute atomic E-state index is 12.9. The Morgan fingerprint density at radius 3 is 2.15 bits per heavy atom. The molecule has 0 spiro atoms. The number of para-hydroxylation sites is 2. The van der Waals surface area contributed by atoms with E-state index >= 15 is 0 Å². The third kappa shape index (κ3) is 3.72. The fourth-order valence-electron chi connectivity index (χ4n) is 3.67. The lowest BCUT2D eigenvalue weighted by atomic mass is 9.64. The van der Waals surface area contributed by atoms with E-state index < -0.39 is 0 Å². The molecule has 3 aromatic carbocycles. The number of ether oxygens (including phenoxy) is 1. The topological polar surface area (TPSA) is 38.3 Å². The zero-order valence-corrected chi connectivity index (χ0v) is 15.2. The average Bonchev–Trinajstić information content (AvgIpc) is 2.69. The molecule has 1 N–H and O–H groups in total. The van der Waals surface area contributed by atoms with Crippen molar-refractivity contribution in [2.75, 3.05) is 6.54 Å². The Labute approximate surface area is 160 Å². The van der Waals surface area contributed by atoms with Gasteiger partial charge in [-0.3, -0.25) is 4.79 Å². The largest absolute Gasteiger partial charge is 0.457 e. The third-order valence-corrected chi connectivity index (χ3v) is 5.39. The van der Waals surface area contributed by atoms with E-state index in [2.05, 4.69) is 29.6 Å². The van der Waals surface area contributed by atoms with Crippen LogP contribution in [0.3, 0.4) is 0 Å². The number of carbonyl (C=O) groups is 1. The molecule has 0 atom stereocenters. The molecule has 0 radical (unpaired) electrons. The van der Waals surface area contributed by atoms with Gasteiger partial charge < -0.3 is 10.1 Å². The zero-order valence-electron chi connectivity index (χ0n) is 15.2. The van der Waals surface area contributed by atoms with Gasteiger partial charge in [0.2, 0.25) is 0 Å². The number of hydrogen-bond acceptors (Lipinski definition) is 2. The quantitative estimate of drug-likeness (QED) is 0.647. The summed E-state index contributed by atoms with van der Waals surface area (Å²) in [5, 5.41) is 3.15. The first-order valence-electron chi connectivity index (χ1n) is 9.43. The van der Waals surface area contributed by atoms with Crippen LogP contribution in [0.5, 0.6) is 11.5 Å². The number of rotatable bonds is 6. The van der Waals surface area contributed by atoms with E-state index in [9.17, 15) is 4.79 Å². The Kier molecular flexibility index (Phi) is 4.93. The monoisotopic (exact) mass is 357 g/mol. The molecule has 1 fully saturated rings. The van der Waals surface area contributed by atoms with Crippen LogP contribution >= 0.6 is 0 Å². The van der Waals surface area contributed by atoms with Gasteiger partial charge in [0.25, 0.3) is 5.91 Å². The van der Waals surface area contributed by atoms with E-state index in [1.54, 1.807) is 0 Å². The summed E-state index contributed by atoms with van der Waals surface area (Å²) >= 11 is 0. The summed E-state index contributed by atoms with van der Waals surface area (Å²) in [5.74, 6) is 1.20. The minimum atomic E-state index is -0.0938. The lowest BCUT2D eigenvalue weighted by Gasteiger charge is -2.42. The Morgan fingerprint density at radius 2 is 1.48 bits per heavy atom. The van der Waals surface area contributed by atoms with Crippen LogP contribution in [0.15, 0.2) is 84.9 Å². The molecular weight excluding hydrogens is 334 g/mol. The number of nitrogens with one attached hydrogen (secondary N) is 1. The van der Waals surface area contributed by atoms with Gasteiger partial charge in [-0.15, -0.1) is 0 Å². The van der Waals surface area contributed by atoms with E-state index in [-0.39, 0.29) is 11.3 Å². The predicted octanol–water partition coefficient (Wildman–Crippen LogP) is 5.33. The molecule has 3 aromatic rings. The van der Waals surface area contributed by atoms with Crippen LogP contribution in [0.1, 0.15) is 35.2 Å². The van der Waals surface area contributed by atoms with Crippen molar-refractivity contribution in [3.63, 3.8) is 0 Å². The normalized spacial score (nSPS) is 14.8. The fraction of sp³-hybridized carbons (Fsp3) is 0.208. The van der Waals surface area contributed by atoms with E-state index in [1.807, 2.05) is 60.7 Å². The molecule has 1 amide bonds. The number of benzene rings is 3. The Hall–Kier alpha value is -3.07. The second-order valence-electron chi connectivity index (χ2n) is 7.09. The summed E-state index contributed by atoms with van der Waals surface area (Å²) in [7, 11) is 0. The number of hydrogen-bond donors (Lipinski definition) is 1. The van der Waals surface area contributed by atoms with Crippen LogP contribution in [-0.2, 0) is 5.41 Å². The van der Waals surface area contributed by atoms with Crippen molar-refractivity contribution in [3.8, 4) is 11.5 Å². The highest BCUT2D eigenvalue weighted by atomic mass is 16.5. The van der Waals surface area contributed by atoms with Crippen LogP contribution < -0.4 is 10.1 Å². The molecule has 0 aromatic heterocycles. The van der Waals surface area contributed by atoms with Gasteiger partial charge in [0.1, 0.15) is 11.5 Å². The lowest BCUT2D eigenvalue weighted by Crippen LogP contribution is -2.45. The van der Waals surface area contributed by atoms with Gasteiger partial charge >= 0.3 is 0 Å². The molecule has 1 aliphatic rings. The first-order valence-corrected chi connectivity index (χ1v) is 9.43. The summed E-state index contributed by atoms with van der Waals surface area (Å²) in [5.41, 5.74) is 1.93. The van der Waals surface area contributed by atoms with Crippen LogP contribution in [-0.4, -0.2) is 12.5 Å². The third-order valence-electron chi connectivity index (χ3n) is 5.39. The van der Waals surface area contributed by atoms with E-state index in [1.165, 1.54) is 12.0 Å². The van der Waals surface area contributed by atoms with Gasteiger partial charge in [-0.25, -0.2) is 0 Å². The summed E-state index contributed by atoms with van der Waals surface area (Å²) in [6.45, 7) is 0.648. The average molecular weight is 357 g/mol. The van der Waals surface area contributed by atoms with Crippen LogP contribution in [0.2, 0.25) is 0 Å². The highest BCUT2D eigenvalue weighted by molar-refractivity contribution is 5.97. The molecule has 3 nitrogen and oxygen atoms in total. The van der Waals surface area contributed by atoms with Crippen molar-refractivity contribution in [1.29, 1.82) is 0 Å². The standard InChI is InChI=1S/C24H23NO2/c26-23(25-18-24(16-9-17-24)19-10-3-1-4-11-19)21-14-7-8-15-22(21)27-20-12-5-2-6-13-20/h1-8,10-15H,9,16-18H2,(H,25,26). The summed E-state index contributed by atoms with van der Waals surface area (Å²) in [6, 6.07) is 27.4. The molecule has 0 bridgehead atoms. The molecule has 27 heavy (non-hydrogen) atoms. The van der Waals surface area contributed by atoms with E-state index in [0.29, 0.717) is 17.9 Å². The minimum absolute atomic E-state index is 0.0617.